The van der Waals surface area contributed by atoms with Crippen LogP contribution in [-0.4, -0.2) is 52.7 Å². The second kappa shape index (κ2) is 3.42. The first-order valence-corrected chi connectivity index (χ1v) is 5.48. The van der Waals surface area contributed by atoms with E-state index >= 15 is 0 Å². The highest BCUT2D eigenvalue weighted by Gasteiger charge is 2.44. The Balaban J connectivity index is 1.83. The standard InChI is InChI=1S/C9H17NO2S/c11-7-3-10(4-8(7)12)5-9(6-13)1-2-9/h7-8,11-13H,1-6H2. The molecule has 1 heterocycles. The smallest absolute Gasteiger partial charge is 0.0938 e. The van der Waals surface area contributed by atoms with Gasteiger partial charge in [0.25, 0.3) is 0 Å². The zero-order chi connectivity index (χ0) is 9.47. The van der Waals surface area contributed by atoms with Gasteiger partial charge in [0.05, 0.1) is 12.2 Å². The molecule has 2 unspecified atom stereocenters. The molecule has 13 heavy (non-hydrogen) atoms. The molecule has 0 spiro atoms. The normalized spacial score (nSPS) is 38.1. The van der Waals surface area contributed by atoms with E-state index in [1.54, 1.807) is 0 Å². The lowest BCUT2D eigenvalue weighted by atomic mass is 10.1. The van der Waals surface area contributed by atoms with Crippen LogP contribution < -0.4 is 0 Å². The average molecular weight is 203 g/mol. The number of aliphatic hydroxyl groups is 2. The Morgan fingerprint density at radius 1 is 1.23 bits per heavy atom. The molecule has 1 aliphatic heterocycles. The van der Waals surface area contributed by atoms with Crippen LogP contribution in [0.25, 0.3) is 0 Å². The first-order chi connectivity index (χ1) is 6.15. The highest BCUT2D eigenvalue weighted by atomic mass is 32.1. The molecular formula is C9H17NO2S. The fraction of sp³-hybridized carbons (Fsp3) is 1.00. The van der Waals surface area contributed by atoms with Gasteiger partial charge in [-0.2, -0.15) is 12.6 Å². The third kappa shape index (κ3) is 2.01. The van der Waals surface area contributed by atoms with Crippen molar-refractivity contribution < 1.29 is 10.2 Å². The average Bonchev–Trinajstić information content (AvgIpc) is 2.78. The zero-order valence-corrected chi connectivity index (χ0v) is 8.58. The van der Waals surface area contributed by atoms with E-state index in [0.717, 1.165) is 12.3 Å². The maximum absolute atomic E-state index is 9.35. The number of nitrogens with zero attached hydrogens (tertiary/aromatic N) is 1. The van der Waals surface area contributed by atoms with Gasteiger partial charge in [-0.3, -0.25) is 4.90 Å². The largest absolute Gasteiger partial charge is 0.389 e. The summed E-state index contributed by atoms with van der Waals surface area (Å²) in [4.78, 5) is 2.15. The number of rotatable bonds is 3. The zero-order valence-electron chi connectivity index (χ0n) is 7.69. The fourth-order valence-electron chi connectivity index (χ4n) is 1.99. The van der Waals surface area contributed by atoms with E-state index in [1.165, 1.54) is 12.8 Å². The number of thiol groups is 1. The summed E-state index contributed by atoms with van der Waals surface area (Å²) < 4.78 is 0. The van der Waals surface area contributed by atoms with Crippen molar-refractivity contribution in [1.82, 2.24) is 4.90 Å². The number of hydrogen-bond donors (Lipinski definition) is 3. The molecule has 0 aromatic heterocycles. The summed E-state index contributed by atoms with van der Waals surface area (Å²) in [6.07, 6.45) is 1.41. The molecule has 1 aliphatic carbocycles. The second-order valence-corrected chi connectivity index (χ2v) is 4.80. The maximum atomic E-state index is 9.35. The van der Waals surface area contributed by atoms with Crippen LogP contribution in [0.15, 0.2) is 0 Å². The van der Waals surface area contributed by atoms with Crippen molar-refractivity contribution in [3.05, 3.63) is 0 Å². The molecule has 0 amide bonds. The molecule has 1 saturated carbocycles. The molecule has 2 rings (SSSR count). The van der Waals surface area contributed by atoms with Gasteiger partial charge in [-0.05, 0) is 24.0 Å². The van der Waals surface area contributed by atoms with E-state index in [9.17, 15) is 10.2 Å². The van der Waals surface area contributed by atoms with Gasteiger partial charge in [-0.1, -0.05) is 0 Å². The molecule has 2 atom stereocenters. The number of hydrogen-bond acceptors (Lipinski definition) is 4. The minimum atomic E-state index is -0.546. The SMILES string of the molecule is OC1CN(CC2(CS)CC2)CC1O. The van der Waals surface area contributed by atoms with E-state index in [1.807, 2.05) is 0 Å². The number of aliphatic hydroxyl groups excluding tert-OH is 2. The van der Waals surface area contributed by atoms with Gasteiger partial charge in [0.2, 0.25) is 0 Å². The van der Waals surface area contributed by atoms with Gasteiger partial charge in [0, 0.05) is 19.6 Å². The lowest BCUT2D eigenvalue weighted by molar-refractivity contribution is 0.0572. The quantitative estimate of drug-likeness (QED) is 0.553. The Morgan fingerprint density at radius 3 is 2.15 bits per heavy atom. The Labute approximate surface area is 84.2 Å². The Bertz CT molecular complexity index is 186. The highest BCUT2D eigenvalue weighted by molar-refractivity contribution is 7.80. The Kier molecular flexibility index (Phi) is 2.57. The van der Waals surface area contributed by atoms with Gasteiger partial charge in [0.1, 0.15) is 0 Å². The van der Waals surface area contributed by atoms with E-state index in [0.29, 0.717) is 18.5 Å². The van der Waals surface area contributed by atoms with Crippen molar-refractivity contribution in [1.29, 1.82) is 0 Å². The van der Waals surface area contributed by atoms with Crippen molar-refractivity contribution in [3.63, 3.8) is 0 Å². The summed E-state index contributed by atoms with van der Waals surface area (Å²) in [5, 5.41) is 18.7. The van der Waals surface area contributed by atoms with Crippen molar-refractivity contribution in [2.24, 2.45) is 5.41 Å². The minimum Gasteiger partial charge on any atom is -0.389 e. The Hall–Kier alpha value is 0.230. The molecule has 76 valence electrons. The molecule has 2 N–H and O–H groups in total. The van der Waals surface area contributed by atoms with E-state index in [-0.39, 0.29) is 0 Å². The van der Waals surface area contributed by atoms with Crippen LogP contribution in [-0.2, 0) is 0 Å². The van der Waals surface area contributed by atoms with Crippen LogP contribution >= 0.6 is 12.6 Å². The van der Waals surface area contributed by atoms with Crippen molar-refractivity contribution >= 4 is 12.6 Å². The predicted octanol–water partition coefficient (Wildman–Crippen LogP) is -0.266. The molecule has 0 bridgehead atoms. The van der Waals surface area contributed by atoms with Gasteiger partial charge in [0.15, 0.2) is 0 Å². The summed E-state index contributed by atoms with van der Waals surface area (Å²) in [6, 6.07) is 0. The highest BCUT2D eigenvalue weighted by Crippen LogP contribution is 2.47. The predicted molar refractivity (Wildman–Crippen MR) is 54.0 cm³/mol. The summed E-state index contributed by atoms with van der Waals surface area (Å²) >= 11 is 4.33. The molecule has 3 nitrogen and oxygen atoms in total. The first kappa shape index (κ1) is 9.77. The minimum absolute atomic E-state index is 0.396. The van der Waals surface area contributed by atoms with Gasteiger partial charge < -0.3 is 10.2 Å². The van der Waals surface area contributed by atoms with Crippen molar-refractivity contribution in [2.45, 2.75) is 25.0 Å². The fourth-order valence-corrected chi connectivity index (χ4v) is 2.41. The molecule has 0 radical (unpaired) electrons. The van der Waals surface area contributed by atoms with Gasteiger partial charge in [-0.15, -0.1) is 0 Å². The molecule has 2 aliphatic rings. The number of β-amino-alcohol motifs (C(OH)–C–C–N with tert-alkyl or cyclic N) is 2. The second-order valence-electron chi connectivity index (χ2n) is 4.49. The third-order valence-electron chi connectivity index (χ3n) is 3.19. The third-order valence-corrected chi connectivity index (χ3v) is 3.86. The molecular weight excluding hydrogens is 186 g/mol. The van der Waals surface area contributed by atoms with Crippen LogP contribution in [0.4, 0.5) is 0 Å². The van der Waals surface area contributed by atoms with E-state index in [4.69, 9.17) is 0 Å². The van der Waals surface area contributed by atoms with Crippen LogP contribution in [0.1, 0.15) is 12.8 Å². The Morgan fingerprint density at radius 2 is 1.77 bits per heavy atom. The molecule has 1 saturated heterocycles. The topological polar surface area (TPSA) is 43.7 Å². The molecule has 0 aromatic carbocycles. The van der Waals surface area contributed by atoms with E-state index in [2.05, 4.69) is 17.5 Å². The summed E-state index contributed by atoms with van der Waals surface area (Å²) in [5.41, 5.74) is 0.396. The van der Waals surface area contributed by atoms with Crippen LogP contribution in [0.3, 0.4) is 0 Å². The molecule has 2 fully saturated rings. The number of likely N-dealkylation sites (tertiary alicyclic amines) is 1. The molecule has 0 aromatic rings. The van der Waals surface area contributed by atoms with Crippen LogP contribution in [0.5, 0.6) is 0 Å². The van der Waals surface area contributed by atoms with Gasteiger partial charge in [-0.25, -0.2) is 0 Å². The summed E-state index contributed by atoms with van der Waals surface area (Å²) in [6.45, 7) is 2.23. The van der Waals surface area contributed by atoms with Crippen LogP contribution in [0, 0.1) is 5.41 Å². The first-order valence-electron chi connectivity index (χ1n) is 4.85. The summed E-state index contributed by atoms with van der Waals surface area (Å²) in [5.74, 6) is 0.926. The monoisotopic (exact) mass is 203 g/mol. The summed E-state index contributed by atoms with van der Waals surface area (Å²) in [7, 11) is 0. The van der Waals surface area contributed by atoms with Crippen molar-refractivity contribution in [3.8, 4) is 0 Å². The lowest BCUT2D eigenvalue weighted by Gasteiger charge is -2.21. The van der Waals surface area contributed by atoms with E-state index < -0.39 is 12.2 Å². The van der Waals surface area contributed by atoms with Gasteiger partial charge >= 0.3 is 0 Å². The van der Waals surface area contributed by atoms with Crippen molar-refractivity contribution in [2.75, 3.05) is 25.4 Å². The van der Waals surface area contributed by atoms with Crippen LogP contribution in [0.2, 0.25) is 0 Å². The lowest BCUT2D eigenvalue weighted by Crippen LogP contribution is -2.30. The molecule has 4 heteroatoms. The maximum Gasteiger partial charge on any atom is 0.0938 e.